The van der Waals surface area contributed by atoms with E-state index in [4.69, 9.17) is 10.5 Å². The van der Waals surface area contributed by atoms with Gasteiger partial charge in [-0.05, 0) is 19.2 Å². The molecule has 0 saturated carbocycles. The summed E-state index contributed by atoms with van der Waals surface area (Å²) in [6.07, 6.45) is 7.80. The van der Waals surface area contributed by atoms with Gasteiger partial charge in [-0.1, -0.05) is 6.08 Å². The fraction of sp³-hybridized carbons (Fsp3) is 0.583. The fourth-order valence-corrected chi connectivity index (χ4v) is 4.31. The number of thioether (sulfide) groups is 1. The van der Waals surface area contributed by atoms with Crippen molar-refractivity contribution in [2.45, 2.75) is 23.7 Å². The minimum atomic E-state index is -0.318. The van der Waals surface area contributed by atoms with Crippen molar-refractivity contribution in [3.63, 3.8) is 0 Å². The fourth-order valence-electron chi connectivity index (χ4n) is 2.86. The maximum atomic E-state index is 11.3. The number of allylic oxidation sites excluding steroid dienone is 2. The largest absolute Gasteiger partial charge is 0.494 e. The maximum absolute atomic E-state index is 11.3. The molecule has 3 rings (SSSR count). The Balaban J connectivity index is 0.000000902. The molecule has 0 radical (unpaired) electrons. The highest BCUT2D eigenvalue weighted by Crippen LogP contribution is 2.49. The second kappa shape index (κ2) is 6.39. The van der Waals surface area contributed by atoms with Crippen LogP contribution < -0.4 is 11.1 Å². The standard InChI is InChI=1S/C12H16N2O2S.2ClH/c13-11(15)9-7-8-1-6-16-12(10(8)17-9)2-4-14-5-3-12;;/h1,6-8,10,14H,2-5H2,(H2,13,15);2*1H. The van der Waals surface area contributed by atoms with E-state index < -0.39 is 0 Å². The first-order chi connectivity index (χ1) is 8.21. The molecule has 0 aromatic heterocycles. The molecule has 2 unspecified atom stereocenters. The molecule has 19 heavy (non-hydrogen) atoms. The summed E-state index contributed by atoms with van der Waals surface area (Å²) in [5.41, 5.74) is 5.24. The zero-order chi connectivity index (χ0) is 11.9. The van der Waals surface area contributed by atoms with Crippen LogP contribution in [0.15, 0.2) is 23.3 Å². The van der Waals surface area contributed by atoms with Gasteiger partial charge in [0.2, 0.25) is 0 Å². The maximum Gasteiger partial charge on any atom is 0.254 e. The molecule has 1 saturated heterocycles. The summed E-state index contributed by atoms with van der Waals surface area (Å²) >= 11 is 1.59. The Morgan fingerprint density at radius 2 is 2.11 bits per heavy atom. The monoisotopic (exact) mass is 324 g/mol. The third-order valence-corrected chi connectivity index (χ3v) is 5.35. The molecule has 7 heteroatoms. The highest BCUT2D eigenvalue weighted by Gasteiger charge is 2.49. The molecule has 0 bridgehead atoms. The number of hydrogen-bond acceptors (Lipinski definition) is 4. The lowest BCUT2D eigenvalue weighted by molar-refractivity contribution is -0.113. The van der Waals surface area contributed by atoms with Crippen molar-refractivity contribution in [3.05, 3.63) is 23.3 Å². The van der Waals surface area contributed by atoms with E-state index in [0.717, 1.165) is 25.9 Å². The lowest BCUT2D eigenvalue weighted by Gasteiger charge is -2.45. The Bertz CT molecular complexity index is 409. The van der Waals surface area contributed by atoms with E-state index in [1.165, 1.54) is 0 Å². The van der Waals surface area contributed by atoms with E-state index in [1.54, 1.807) is 18.0 Å². The number of hydrogen-bond donors (Lipinski definition) is 2. The molecule has 1 fully saturated rings. The molecule has 3 aliphatic heterocycles. The Hall–Kier alpha value is -0.360. The van der Waals surface area contributed by atoms with E-state index in [2.05, 4.69) is 5.32 Å². The number of rotatable bonds is 1. The van der Waals surface area contributed by atoms with Gasteiger partial charge in [0.05, 0.1) is 16.4 Å². The number of amides is 1. The van der Waals surface area contributed by atoms with Gasteiger partial charge in [0.25, 0.3) is 5.91 Å². The number of carbonyl (C=O) groups is 1. The average Bonchev–Trinajstić information content (AvgIpc) is 2.76. The van der Waals surface area contributed by atoms with E-state index >= 15 is 0 Å². The van der Waals surface area contributed by atoms with Crippen LogP contribution in [-0.4, -0.2) is 29.8 Å². The number of nitrogens with two attached hydrogens (primary N) is 1. The summed E-state index contributed by atoms with van der Waals surface area (Å²) in [6.45, 7) is 1.95. The van der Waals surface area contributed by atoms with Gasteiger partial charge in [-0.2, -0.15) is 0 Å². The first kappa shape index (κ1) is 16.7. The highest BCUT2D eigenvalue weighted by molar-refractivity contribution is 8.04. The van der Waals surface area contributed by atoms with Crippen LogP contribution in [0.4, 0.5) is 0 Å². The summed E-state index contributed by atoms with van der Waals surface area (Å²) < 4.78 is 5.92. The molecule has 3 aliphatic rings. The second-order valence-electron chi connectivity index (χ2n) is 4.77. The van der Waals surface area contributed by atoms with E-state index in [0.29, 0.717) is 10.2 Å². The van der Waals surface area contributed by atoms with Crippen molar-refractivity contribution >= 4 is 42.5 Å². The summed E-state index contributed by atoms with van der Waals surface area (Å²) in [5.74, 6) is -0.0313. The highest BCUT2D eigenvalue weighted by atomic mass is 35.5. The third-order valence-electron chi connectivity index (χ3n) is 3.76. The van der Waals surface area contributed by atoms with Gasteiger partial charge >= 0.3 is 0 Å². The number of primary amides is 1. The SMILES string of the molecule is Cl.Cl.NC(=O)C1=CC2C=COC3(CCNCC3)C2S1. The lowest BCUT2D eigenvalue weighted by atomic mass is 9.81. The molecule has 3 N–H and O–H groups in total. The van der Waals surface area contributed by atoms with Crippen LogP contribution in [-0.2, 0) is 9.53 Å². The summed E-state index contributed by atoms with van der Waals surface area (Å²) in [7, 11) is 0. The molecule has 1 amide bonds. The molecule has 108 valence electrons. The number of piperidine rings is 1. The van der Waals surface area contributed by atoms with Crippen LogP contribution in [0.2, 0.25) is 0 Å². The van der Waals surface area contributed by atoms with Crippen LogP contribution >= 0.6 is 36.6 Å². The number of ether oxygens (including phenoxy) is 1. The molecule has 2 atom stereocenters. The molecule has 3 heterocycles. The quantitative estimate of drug-likeness (QED) is 0.769. The van der Waals surface area contributed by atoms with E-state index in [1.807, 2.05) is 12.2 Å². The first-order valence-electron chi connectivity index (χ1n) is 5.95. The summed E-state index contributed by atoms with van der Waals surface area (Å²) in [5, 5.41) is 3.65. The van der Waals surface area contributed by atoms with Crippen molar-refractivity contribution in [2.24, 2.45) is 11.7 Å². The number of nitrogens with one attached hydrogen (secondary N) is 1. The van der Waals surface area contributed by atoms with E-state index in [-0.39, 0.29) is 42.2 Å². The molecule has 0 aliphatic carbocycles. The predicted octanol–water partition coefficient (Wildman–Crippen LogP) is 1.60. The van der Waals surface area contributed by atoms with Gasteiger partial charge in [0, 0.05) is 18.8 Å². The van der Waals surface area contributed by atoms with Crippen molar-refractivity contribution in [1.29, 1.82) is 0 Å². The van der Waals surface area contributed by atoms with Crippen LogP contribution in [0, 0.1) is 5.92 Å². The van der Waals surface area contributed by atoms with E-state index in [9.17, 15) is 4.79 Å². The second-order valence-corrected chi connectivity index (χ2v) is 5.96. The minimum absolute atomic E-state index is 0. The number of fused-ring (bicyclic) bond motifs is 2. The minimum Gasteiger partial charge on any atom is -0.494 e. The van der Waals surface area contributed by atoms with Crippen LogP contribution in [0.5, 0.6) is 0 Å². The topological polar surface area (TPSA) is 64.4 Å². The number of carbonyl (C=O) groups excluding carboxylic acids is 1. The van der Waals surface area contributed by atoms with Gasteiger partial charge in [0.1, 0.15) is 5.60 Å². The average molecular weight is 325 g/mol. The Labute approximate surface area is 129 Å². The smallest absolute Gasteiger partial charge is 0.254 e. The van der Waals surface area contributed by atoms with Gasteiger partial charge in [-0.3, -0.25) is 4.79 Å². The zero-order valence-corrected chi connectivity index (χ0v) is 12.8. The Morgan fingerprint density at radius 3 is 2.74 bits per heavy atom. The molecule has 0 aromatic carbocycles. The molecular formula is C12H18Cl2N2O2S. The third kappa shape index (κ3) is 2.89. The van der Waals surface area contributed by atoms with Crippen molar-refractivity contribution in [3.8, 4) is 0 Å². The Morgan fingerprint density at radius 1 is 1.42 bits per heavy atom. The van der Waals surface area contributed by atoms with Crippen LogP contribution in [0.3, 0.4) is 0 Å². The Kier molecular flexibility index (Phi) is 5.62. The summed E-state index contributed by atoms with van der Waals surface area (Å²) in [4.78, 5) is 12.0. The molecular weight excluding hydrogens is 307 g/mol. The molecule has 4 nitrogen and oxygen atoms in total. The first-order valence-corrected chi connectivity index (χ1v) is 6.83. The van der Waals surface area contributed by atoms with Gasteiger partial charge in [0.15, 0.2) is 0 Å². The van der Waals surface area contributed by atoms with Gasteiger partial charge in [-0.15, -0.1) is 36.6 Å². The van der Waals surface area contributed by atoms with Gasteiger partial charge < -0.3 is 15.8 Å². The summed E-state index contributed by atoms with van der Waals surface area (Å²) in [6, 6.07) is 0. The van der Waals surface area contributed by atoms with Crippen LogP contribution in [0.25, 0.3) is 0 Å². The zero-order valence-electron chi connectivity index (χ0n) is 10.3. The van der Waals surface area contributed by atoms with Crippen molar-refractivity contribution in [2.75, 3.05) is 13.1 Å². The normalized spacial score (nSPS) is 30.4. The van der Waals surface area contributed by atoms with Gasteiger partial charge in [-0.25, -0.2) is 0 Å². The van der Waals surface area contributed by atoms with Crippen molar-refractivity contribution in [1.82, 2.24) is 5.32 Å². The molecule has 0 aromatic rings. The lowest BCUT2D eigenvalue weighted by Crippen LogP contribution is -2.52. The number of halogens is 2. The van der Waals surface area contributed by atoms with Crippen molar-refractivity contribution < 1.29 is 9.53 Å². The predicted molar refractivity (Wildman–Crippen MR) is 81.7 cm³/mol. The molecule has 1 spiro atoms. The van der Waals surface area contributed by atoms with Crippen LogP contribution in [0.1, 0.15) is 12.8 Å².